The molecule has 5 heteroatoms. The molecule has 64 valence electrons. The van der Waals surface area contributed by atoms with Crippen LogP contribution in [-0.2, 0) is 9.47 Å². The van der Waals surface area contributed by atoms with E-state index in [2.05, 4.69) is 0 Å². The van der Waals surface area contributed by atoms with Crippen LogP contribution in [-0.4, -0.2) is 52.6 Å². The van der Waals surface area contributed by atoms with Crippen LogP contribution in [0, 0.1) is 0 Å². The summed E-state index contributed by atoms with van der Waals surface area (Å²) in [6.45, 7) is -0.265. The van der Waals surface area contributed by atoms with Gasteiger partial charge in [0.2, 0.25) is 5.79 Å². The minimum Gasteiger partial charge on any atom is -0.391 e. The number of ether oxygens (including phenoxy) is 2. The van der Waals surface area contributed by atoms with Gasteiger partial charge in [0.25, 0.3) is 0 Å². The predicted octanol–water partition coefficient (Wildman–Crippen LogP) is -2.17. The Morgan fingerprint density at radius 1 is 1.55 bits per heavy atom. The second kappa shape index (κ2) is 2.15. The Morgan fingerprint density at radius 2 is 2.27 bits per heavy atom. The first-order valence-electron chi connectivity index (χ1n) is 3.48. The Bertz CT molecular complexity index is 172. The lowest BCUT2D eigenvalue weighted by atomic mass is 10.1. The molecule has 0 spiro atoms. The van der Waals surface area contributed by atoms with E-state index in [1.165, 1.54) is 0 Å². The summed E-state index contributed by atoms with van der Waals surface area (Å²) >= 11 is 0. The lowest BCUT2D eigenvalue weighted by molar-refractivity contribution is -0.286. The number of hydrogen-bond acceptors (Lipinski definition) is 5. The molecule has 0 saturated carbocycles. The molecule has 2 rings (SSSR count). The number of aliphatic hydroxyl groups is 3. The number of fused-ring (bicyclic) bond motifs is 2. The molecule has 0 aromatic rings. The molecule has 3 N–H and O–H groups in total. The van der Waals surface area contributed by atoms with Crippen LogP contribution >= 0.6 is 0 Å². The third-order valence-corrected chi connectivity index (χ3v) is 2.16. The zero-order valence-electron chi connectivity index (χ0n) is 5.80. The summed E-state index contributed by atoms with van der Waals surface area (Å²) in [4.78, 5) is 0. The Hall–Kier alpha value is -0.200. The van der Waals surface area contributed by atoms with E-state index in [0.29, 0.717) is 0 Å². The summed E-state index contributed by atoms with van der Waals surface area (Å²) in [7, 11) is 0. The van der Waals surface area contributed by atoms with E-state index in [4.69, 9.17) is 14.6 Å². The Kier molecular flexibility index (Phi) is 1.45. The molecule has 2 fully saturated rings. The van der Waals surface area contributed by atoms with E-state index >= 15 is 0 Å². The standard InChI is InChI=1S/C6H10O5/c7-2-6(9)5-4(8)3(11-6)1-10-5/h3-5,7-9H,1-2H2/t3-,4-,5+,6+/m1/s1. The molecule has 4 atom stereocenters. The van der Waals surface area contributed by atoms with Crippen molar-refractivity contribution in [3.05, 3.63) is 0 Å². The SMILES string of the molecule is OC[C@]1(O)O[C@@H]2CO[C@H]1[C@@H]2O. The van der Waals surface area contributed by atoms with Crippen LogP contribution in [0.3, 0.4) is 0 Å². The van der Waals surface area contributed by atoms with Gasteiger partial charge in [-0.2, -0.15) is 0 Å². The first-order valence-corrected chi connectivity index (χ1v) is 3.48. The highest BCUT2D eigenvalue weighted by Gasteiger charge is 2.59. The molecule has 0 aromatic carbocycles. The van der Waals surface area contributed by atoms with Gasteiger partial charge in [-0.1, -0.05) is 0 Å². The number of hydrogen-bond donors (Lipinski definition) is 3. The number of rotatable bonds is 1. The van der Waals surface area contributed by atoms with E-state index in [1.54, 1.807) is 0 Å². The van der Waals surface area contributed by atoms with Crippen LogP contribution in [0.4, 0.5) is 0 Å². The zero-order chi connectivity index (χ0) is 8.06. The van der Waals surface area contributed by atoms with Crippen molar-refractivity contribution < 1.29 is 24.8 Å². The maximum atomic E-state index is 9.40. The van der Waals surface area contributed by atoms with E-state index < -0.39 is 30.7 Å². The molecular weight excluding hydrogens is 152 g/mol. The first-order chi connectivity index (χ1) is 5.17. The fraction of sp³-hybridized carbons (Fsp3) is 1.00. The molecule has 0 radical (unpaired) electrons. The van der Waals surface area contributed by atoms with Crippen molar-refractivity contribution in [2.45, 2.75) is 24.1 Å². The average molecular weight is 162 g/mol. The molecule has 11 heavy (non-hydrogen) atoms. The quantitative estimate of drug-likeness (QED) is 0.409. The molecule has 0 amide bonds. The molecule has 2 bridgehead atoms. The van der Waals surface area contributed by atoms with Crippen molar-refractivity contribution in [1.82, 2.24) is 0 Å². The zero-order valence-corrected chi connectivity index (χ0v) is 5.80. The molecule has 0 unspecified atom stereocenters. The van der Waals surface area contributed by atoms with Gasteiger partial charge in [0.15, 0.2) is 0 Å². The number of aliphatic hydroxyl groups excluding tert-OH is 2. The van der Waals surface area contributed by atoms with Gasteiger partial charge in [-0.05, 0) is 0 Å². The minimum atomic E-state index is -1.69. The molecule has 2 aliphatic rings. The third-order valence-electron chi connectivity index (χ3n) is 2.16. The molecule has 0 aliphatic carbocycles. The van der Waals surface area contributed by atoms with Crippen LogP contribution in [0.15, 0.2) is 0 Å². The second-order valence-corrected chi connectivity index (χ2v) is 2.90. The van der Waals surface area contributed by atoms with Gasteiger partial charge in [-0.15, -0.1) is 0 Å². The van der Waals surface area contributed by atoms with Gasteiger partial charge in [0, 0.05) is 0 Å². The van der Waals surface area contributed by atoms with E-state index in [0.717, 1.165) is 0 Å². The summed E-state index contributed by atoms with van der Waals surface area (Å²) in [6, 6.07) is 0. The summed E-state index contributed by atoms with van der Waals surface area (Å²) in [6.07, 6.45) is -2.10. The van der Waals surface area contributed by atoms with Crippen molar-refractivity contribution in [1.29, 1.82) is 0 Å². The van der Waals surface area contributed by atoms with Gasteiger partial charge in [-0.25, -0.2) is 0 Å². The monoisotopic (exact) mass is 162 g/mol. The van der Waals surface area contributed by atoms with Crippen molar-refractivity contribution in [2.24, 2.45) is 0 Å². The summed E-state index contributed by atoms with van der Waals surface area (Å²) < 4.78 is 9.93. The van der Waals surface area contributed by atoms with Crippen LogP contribution in [0.25, 0.3) is 0 Å². The Labute approximate surface area is 63.2 Å². The molecule has 2 heterocycles. The van der Waals surface area contributed by atoms with Crippen LogP contribution in [0.2, 0.25) is 0 Å². The summed E-state index contributed by atoms with van der Waals surface area (Å²) in [5.74, 6) is -1.69. The van der Waals surface area contributed by atoms with Gasteiger partial charge >= 0.3 is 0 Å². The van der Waals surface area contributed by atoms with Crippen LogP contribution in [0.5, 0.6) is 0 Å². The normalized spacial score (nSPS) is 55.4. The van der Waals surface area contributed by atoms with Crippen molar-refractivity contribution in [3.63, 3.8) is 0 Å². The maximum absolute atomic E-state index is 9.40. The second-order valence-electron chi connectivity index (χ2n) is 2.90. The Morgan fingerprint density at radius 3 is 2.55 bits per heavy atom. The maximum Gasteiger partial charge on any atom is 0.219 e. The average Bonchev–Trinajstić information content (AvgIpc) is 2.44. The highest BCUT2D eigenvalue weighted by Crippen LogP contribution is 2.36. The molecule has 5 nitrogen and oxygen atoms in total. The van der Waals surface area contributed by atoms with Gasteiger partial charge in [0.1, 0.15) is 18.3 Å². The van der Waals surface area contributed by atoms with Gasteiger partial charge in [0.05, 0.1) is 13.2 Å². The highest BCUT2D eigenvalue weighted by molar-refractivity contribution is 5.00. The van der Waals surface area contributed by atoms with Crippen LogP contribution < -0.4 is 0 Å². The third kappa shape index (κ3) is 0.830. The van der Waals surface area contributed by atoms with Gasteiger partial charge in [-0.3, -0.25) is 0 Å². The van der Waals surface area contributed by atoms with Gasteiger partial charge < -0.3 is 24.8 Å². The molecule has 2 saturated heterocycles. The lowest BCUT2D eigenvalue weighted by Crippen LogP contribution is -2.48. The summed E-state index contributed by atoms with van der Waals surface area (Å²) in [5.41, 5.74) is 0. The van der Waals surface area contributed by atoms with Crippen molar-refractivity contribution >= 4 is 0 Å². The Balaban J connectivity index is 2.20. The fourth-order valence-corrected chi connectivity index (χ4v) is 1.55. The van der Waals surface area contributed by atoms with E-state index in [9.17, 15) is 10.2 Å². The summed E-state index contributed by atoms with van der Waals surface area (Å²) in [5, 5.41) is 27.4. The van der Waals surface area contributed by atoms with E-state index in [1.807, 2.05) is 0 Å². The lowest BCUT2D eigenvalue weighted by Gasteiger charge is -2.29. The molecule has 2 aliphatic heterocycles. The van der Waals surface area contributed by atoms with Crippen molar-refractivity contribution in [3.8, 4) is 0 Å². The highest BCUT2D eigenvalue weighted by atomic mass is 16.7. The van der Waals surface area contributed by atoms with Crippen LogP contribution in [0.1, 0.15) is 0 Å². The fourth-order valence-electron chi connectivity index (χ4n) is 1.55. The smallest absolute Gasteiger partial charge is 0.219 e. The molecular formula is C6H10O5. The topological polar surface area (TPSA) is 79.2 Å². The van der Waals surface area contributed by atoms with Crippen molar-refractivity contribution in [2.75, 3.05) is 13.2 Å². The minimum absolute atomic E-state index is 0.286. The first kappa shape index (κ1) is 7.45. The predicted molar refractivity (Wildman–Crippen MR) is 32.7 cm³/mol. The van der Waals surface area contributed by atoms with E-state index in [-0.39, 0.29) is 6.61 Å². The largest absolute Gasteiger partial charge is 0.391 e. The molecule has 0 aromatic heterocycles.